The number of rotatable bonds is 6. The molecule has 0 unspecified atom stereocenters. The Kier molecular flexibility index (Phi) is 8.18. The van der Waals surface area contributed by atoms with Crippen molar-refractivity contribution in [1.29, 1.82) is 0 Å². The first-order chi connectivity index (χ1) is 18.5. The number of nitrogens with zero attached hydrogens (tertiary/aromatic N) is 3. The van der Waals surface area contributed by atoms with Crippen LogP contribution in [0.1, 0.15) is 66.7 Å². The Hall–Kier alpha value is -4.01. The summed E-state index contributed by atoms with van der Waals surface area (Å²) in [6, 6.07) is 11.4. The molecule has 9 nitrogen and oxygen atoms in total. The largest absolute Gasteiger partial charge is 0.493 e. The van der Waals surface area contributed by atoms with E-state index in [0.717, 1.165) is 22.5 Å². The standard InChI is InChI=1S/C30H38N4O5/c1-19-8-10-24(20(2)16-19)34-27(21-12-14-33(15-13-21)29(36)39-30(3,4)5)23(18-31-34)28(35)32-22-9-11-25(37-6)26(17-22)38-7/h8-11,16-18,21H,12-15H2,1-7H3,(H,32,35). The van der Waals surface area contributed by atoms with Crippen LogP contribution in [-0.2, 0) is 4.74 Å². The third-order valence-electron chi connectivity index (χ3n) is 6.81. The zero-order valence-electron chi connectivity index (χ0n) is 23.8. The number of hydrogen-bond donors (Lipinski definition) is 1. The molecule has 2 amide bonds. The van der Waals surface area contributed by atoms with E-state index in [2.05, 4.69) is 23.4 Å². The summed E-state index contributed by atoms with van der Waals surface area (Å²) in [4.78, 5) is 28.0. The lowest BCUT2D eigenvalue weighted by molar-refractivity contribution is 0.0203. The molecule has 9 heteroatoms. The molecule has 3 aromatic rings. The average molecular weight is 535 g/mol. The first-order valence-corrected chi connectivity index (χ1v) is 13.2. The quantitative estimate of drug-likeness (QED) is 0.425. The minimum absolute atomic E-state index is 0.0260. The Labute approximate surface area is 230 Å². The average Bonchev–Trinajstić information content (AvgIpc) is 3.32. The lowest BCUT2D eigenvalue weighted by Gasteiger charge is -2.34. The number of amides is 2. The highest BCUT2D eigenvalue weighted by Gasteiger charge is 2.32. The van der Waals surface area contributed by atoms with Crippen molar-refractivity contribution >= 4 is 17.7 Å². The van der Waals surface area contributed by atoms with Crippen molar-refractivity contribution in [3.8, 4) is 17.2 Å². The smallest absolute Gasteiger partial charge is 0.410 e. The second-order valence-corrected chi connectivity index (χ2v) is 10.9. The molecular weight excluding hydrogens is 496 g/mol. The van der Waals surface area contributed by atoms with Crippen molar-refractivity contribution in [1.82, 2.24) is 14.7 Å². The van der Waals surface area contributed by atoms with Crippen LogP contribution in [0, 0.1) is 13.8 Å². The summed E-state index contributed by atoms with van der Waals surface area (Å²) in [7, 11) is 3.12. The normalized spacial score (nSPS) is 14.2. The molecule has 4 rings (SSSR count). The maximum absolute atomic E-state index is 13.6. The second kappa shape index (κ2) is 11.4. The van der Waals surface area contributed by atoms with E-state index >= 15 is 0 Å². The van der Waals surface area contributed by atoms with Crippen LogP contribution >= 0.6 is 0 Å². The summed E-state index contributed by atoms with van der Waals surface area (Å²) >= 11 is 0. The van der Waals surface area contributed by atoms with E-state index in [-0.39, 0.29) is 17.9 Å². The van der Waals surface area contributed by atoms with Crippen molar-refractivity contribution in [2.24, 2.45) is 0 Å². The van der Waals surface area contributed by atoms with Crippen LogP contribution in [0.3, 0.4) is 0 Å². The van der Waals surface area contributed by atoms with Crippen LogP contribution in [0.2, 0.25) is 0 Å². The van der Waals surface area contributed by atoms with Crippen molar-refractivity contribution < 1.29 is 23.8 Å². The van der Waals surface area contributed by atoms with E-state index in [4.69, 9.17) is 14.2 Å². The van der Waals surface area contributed by atoms with Gasteiger partial charge in [0.25, 0.3) is 5.91 Å². The van der Waals surface area contributed by atoms with Crippen molar-refractivity contribution in [3.63, 3.8) is 0 Å². The summed E-state index contributed by atoms with van der Waals surface area (Å²) < 4.78 is 18.2. The third kappa shape index (κ3) is 6.35. The van der Waals surface area contributed by atoms with Gasteiger partial charge in [-0.3, -0.25) is 4.79 Å². The molecule has 1 saturated heterocycles. The molecule has 0 atom stereocenters. The van der Waals surface area contributed by atoms with Crippen LogP contribution < -0.4 is 14.8 Å². The number of aromatic nitrogens is 2. The number of anilines is 1. The Morgan fingerprint density at radius 1 is 0.974 bits per heavy atom. The third-order valence-corrected chi connectivity index (χ3v) is 6.81. The van der Waals surface area contributed by atoms with Crippen LogP contribution in [-0.4, -0.2) is 59.6 Å². The SMILES string of the molecule is COc1ccc(NC(=O)c2cnn(-c3ccc(C)cc3C)c2C2CCN(C(=O)OC(C)(C)C)CC2)cc1OC. The van der Waals surface area contributed by atoms with Gasteiger partial charge < -0.3 is 24.4 Å². The number of likely N-dealkylation sites (tertiary alicyclic amines) is 1. The molecule has 208 valence electrons. The highest BCUT2D eigenvalue weighted by Crippen LogP contribution is 2.35. The van der Waals surface area contributed by atoms with Gasteiger partial charge in [-0.15, -0.1) is 0 Å². The van der Waals surface area contributed by atoms with Crippen LogP contribution in [0.25, 0.3) is 5.69 Å². The summed E-state index contributed by atoms with van der Waals surface area (Å²) in [5.41, 5.74) is 4.52. The van der Waals surface area contributed by atoms with Crippen molar-refractivity contribution in [2.75, 3.05) is 32.6 Å². The van der Waals surface area contributed by atoms with Crippen molar-refractivity contribution in [2.45, 2.75) is 59.0 Å². The summed E-state index contributed by atoms with van der Waals surface area (Å²) in [6.45, 7) is 10.8. The van der Waals surface area contributed by atoms with Crippen LogP contribution in [0.4, 0.5) is 10.5 Å². The summed E-state index contributed by atoms with van der Waals surface area (Å²) in [6.07, 6.45) is 2.69. The van der Waals surface area contributed by atoms with Crippen LogP contribution in [0.5, 0.6) is 11.5 Å². The predicted molar refractivity (Wildman–Crippen MR) is 150 cm³/mol. The number of methoxy groups -OCH3 is 2. The number of nitrogens with one attached hydrogen (secondary N) is 1. The molecule has 1 N–H and O–H groups in total. The lowest BCUT2D eigenvalue weighted by atomic mass is 9.90. The van der Waals surface area contributed by atoms with E-state index < -0.39 is 5.60 Å². The number of carbonyl (C=O) groups excluding carboxylic acids is 2. The van der Waals surface area contributed by atoms with Gasteiger partial charge in [0.15, 0.2) is 11.5 Å². The molecule has 2 heterocycles. The number of ether oxygens (including phenoxy) is 3. The highest BCUT2D eigenvalue weighted by atomic mass is 16.6. The predicted octanol–water partition coefficient (Wildman–Crippen LogP) is 5.87. The molecule has 1 aliphatic heterocycles. The Balaban J connectivity index is 1.65. The molecule has 0 radical (unpaired) electrons. The van der Waals surface area contributed by atoms with Crippen LogP contribution in [0.15, 0.2) is 42.6 Å². The molecule has 39 heavy (non-hydrogen) atoms. The minimum Gasteiger partial charge on any atom is -0.493 e. The maximum atomic E-state index is 13.6. The first kappa shape index (κ1) is 28.0. The maximum Gasteiger partial charge on any atom is 0.410 e. The molecule has 0 spiro atoms. The van der Waals surface area contributed by atoms with Gasteiger partial charge in [-0.25, -0.2) is 9.48 Å². The van der Waals surface area contributed by atoms with Gasteiger partial charge in [-0.1, -0.05) is 17.7 Å². The number of carbonyl (C=O) groups is 2. The second-order valence-electron chi connectivity index (χ2n) is 10.9. The van der Waals surface area contributed by atoms with E-state index in [1.165, 1.54) is 0 Å². The molecule has 0 aliphatic carbocycles. The Morgan fingerprint density at radius 3 is 2.28 bits per heavy atom. The molecule has 1 aromatic heterocycles. The molecule has 2 aromatic carbocycles. The van der Waals surface area contributed by atoms with E-state index in [1.54, 1.807) is 43.5 Å². The Morgan fingerprint density at radius 2 is 1.67 bits per heavy atom. The molecule has 1 aliphatic rings. The Bertz CT molecular complexity index is 1350. The fraction of sp³-hybridized carbons (Fsp3) is 0.433. The lowest BCUT2D eigenvalue weighted by Crippen LogP contribution is -2.41. The molecular formula is C30H38N4O5. The number of piperidine rings is 1. The molecule has 0 saturated carbocycles. The monoisotopic (exact) mass is 534 g/mol. The first-order valence-electron chi connectivity index (χ1n) is 13.2. The molecule has 0 bridgehead atoms. The minimum atomic E-state index is -0.551. The van der Waals surface area contributed by atoms with Gasteiger partial charge in [0, 0.05) is 30.8 Å². The summed E-state index contributed by atoms with van der Waals surface area (Å²) in [5.74, 6) is 0.868. The van der Waals surface area contributed by atoms with Gasteiger partial charge >= 0.3 is 6.09 Å². The fourth-order valence-electron chi connectivity index (χ4n) is 4.94. The van der Waals surface area contributed by atoms with Crippen molar-refractivity contribution in [3.05, 3.63) is 65.0 Å². The number of hydrogen-bond acceptors (Lipinski definition) is 6. The van der Waals surface area contributed by atoms with Gasteiger partial charge in [-0.2, -0.15) is 5.10 Å². The number of benzene rings is 2. The van der Waals surface area contributed by atoms with E-state index in [0.29, 0.717) is 48.7 Å². The highest BCUT2D eigenvalue weighted by molar-refractivity contribution is 6.05. The fourth-order valence-corrected chi connectivity index (χ4v) is 4.94. The van der Waals surface area contributed by atoms with Gasteiger partial charge in [-0.05, 0) is 71.2 Å². The summed E-state index contributed by atoms with van der Waals surface area (Å²) in [5, 5.41) is 7.68. The topological polar surface area (TPSA) is 94.9 Å². The zero-order valence-corrected chi connectivity index (χ0v) is 23.8. The van der Waals surface area contributed by atoms with Gasteiger partial charge in [0.2, 0.25) is 0 Å². The van der Waals surface area contributed by atoms with E-state index in [9.17, 15) is 9.59 Å². The molecule has 1 fully saturated rings. The van der Waals surface area contributed by atoms with E-state index in [1.807, 2.05) is 44.5 Å². The number of aryl methyl sites for hydroxylation is 2. The zero-order chi connectivity index (χ0) is 28.3. The van der Waals surface area contributed by atoms with Gasteiger partial charge in [0.1, 0.15) is 5.60 Å². The van der Waals surface area contributed by atoms with Gasteiger partial charge in [0.05, 0.1) is 37.4 Å².